The van der Waals surface area contributed by atoms with E-state index in [0.717, 1.165) is 10.5 Å². The molecule has 1 fully saturated rings. The minimum Gasteiger partial charge on any atom is -0.464 e. The maximum absolute atomic E-state index is 13.0. The van der Waals surface area contributed by atoms with Crippen molar-refractivity contribution in [3.05, 3.63) is 35.9 Å². The van der Waals surface area contributed by atoms with Gasteiger partial charge in [-0.1, -0.05) is 30.3 Å². The van der Waals surface area contributed by atoms with Gasteiger partial charge >= 0.3 is 12.1 Å². The fraction of sp³-hybridized carbons (Fsp3) is 0.636. The number of amides is 1. The summed E-state index contributed by atoms with van der Waals surface area (Å²) in [5.41, 5.74) is -1.90. The molecule has 31 heavy (non-hydrogen) atoms. The molecule has 1 saturated heterocycles. The highest BCUT2D eigenvalue weighted by Crippen LogP contribution is 2.37. The fourth-order valence-electron chi connectivity index (χ4n) is 3.55. The lowest BCUT2D eigenvalue weighted by Gasteiger charge is -2.41. The Labute approximate surface area is 182 Å². The van der Waals surface area contributed by atoms with E-state index in [1.165, 1.54) is 6.92 Å². The fourth-order valence-corrected chi connectivity index (χ4v) is 3.55. The summed E-state index contributed by atoms with van der Waals surface area (Å²) in [6.45, 7) is 7.93. The van der Waals surface area contributed by atoms with E-state index in [1.807, 2.05) is 30.3 Å². The number of β-amino-alcohol motifs (C(OH)–C–C–N with tert-alkyl or cyclic N) is 1. The maximum atomic E-state index is 13.0. The molecule has 2 rings (SSSR count). The lowest BCUT2D eigenvalue weighted by Crippen LogP contribution is -2.66. The Kier molecular flexibility index (Phi) is 8.41. The predicted octanol–water partition coefficient (Wildman–Crippen LogP) is 1.84. The summed E-state index contributed by atoms with van der Waals surface area (Å²) < 4.78 is 21.8. The van der Waals surface area contributed by atoms with Gasteiger partial charge < -0.3 is 29.2 Å². The van der Waals surface area contributed by atoms with Gasteiger partial charge in [0, 0.05) is 0 Å². The van der Waals surface area contributed by atoms with Crippen molar-refractivity contribution >= 4 is 12.1 Å². The molecule has 0 aliphatic carbocycles. The number of carbonyl (C=O) groups excluding carboxylic acids is 2. The van der Waals surface area contributed by atoms with Crippen LogP contribution in [0.2, 0.25) is 0 Å². The lowest BCUT2D eigenvalue weighted by molar-refractivity contribution is -0.188. The molecule has 0 radical (unpaired) electrons. The number of benzene rings is 1. The van der Waals surface area contributed by atoms with Crippen LogP contribution in [0.3, 0.4) is 0 Å². The number of hydrogen-bond acceptors (Lipinski definition) is 8. The summed E-state index contributed by atoms with van der Waals surface area (Å²) in [5, 5.41) is 21.1. The number of aliphatic hydroxyl groups is 2. The van der Waals surface area contributed by atoms with Gasteiger partial charge in [0.2, 0.25) is 0 Å². The second kappa shape index (κ2) is 10.4. The van der Waals surface area contributed by atoms with Crippen molar-refractivity contribution in [2.75, 3.05) is 19.9 Å². The summed E-state index contributed by atoms with van der Waals surface area (Å²) in [6.07, 6.45) is -4.95. The van der Waals surface area contributed by atoms with Crippen LogP contribution < -0.4 is 0 Å². The van der Waals surface area contributed by atoms with Gasteiger partial charge in [0.05, 0.1) is 25.9 Å². The number of carbonyl (C=O) groups is 2. The van der Waals surface area contributed by atoms with Crippen molar-refractivity contribution in [1.82, 2.24) is 4.90 Å². The van der Waals surface area contributed by atoms with Gasteiger partial charge in [0.25, 0.3) is 0 Å². The molecule has 9 heteroatoms. The highest BCUT2D eigenvalue weighted by atomic mass is 16.7. The Morgan fingerprint density at radius 1 is 1.23 bits per heavy atom. The standard InChI is InChI=1S/C22H33NO8/c1-6-29-19(26)22(15(2)30-14-28-13-16-10-8-7-9-11-16)18(25)17(24)12-23(22)20(27)31-21(3,4)5/h7-11,15,17-18,24-25H,6,12-14H2,1-5H3/t15-,17-,18-,22+/m1/s1. The van der Waals surface area contributed by atoms with Crippen molar-refractivity contribution in [2.24, 2.45) is 0 Å². The number of aliphatic hydroxyl groups excluding tert-OH is 2. The number of ether oxygens (including phenoxy) is 4. The molecule has 1 amide bonds. The Bertz CT molecular complexity index is 735. The molecule has 0 saturated carbocycles. The molecule has 1 aliphatic rings. The predicted molar refractivity (Wildman–Crippen MR) is 111 cm³/mol. The van der Waals surface area contributed by atoms with Crippen LogP contribution in [0.4, 0.5) is 4.79 Å². The zero-order valence-corrected chi connectivity index (χ0v) is 18.7. The number of likely N-dealkylation sites (tertiary alicyclic amines) is 1. The molecular weight excluding hydrogens is 406 g/mol. The van der Waals surface area contributed by atoms with Crippen molar-refractivity contribution in [3.8, 4) is 0 Å². The van der Waals surface area contributed by atoms with Gasteiger partial charge in [0.15, 0.2) is 5.54 Å². The number of nitrogens with zero attached hydrogens (tertiary/aromatic N) is 1. The zero-order valence-electron chi connectivity index (χ0n) is 18.7. The van der Waals surface area contributed by atoms with Crippen molar-refractivity contribution in [3.63, 3.8) is 0 Å². The number of esters is 1. The SMILES string of the molecule is CCOC(=O)[C@]1([C@@H](C)OCOCc2ccccc2)[C@H](O)[C@H](O)CN1C(=O)OC(C)(C)C. The molecular formula is C22H33NO8. The molecule has 1 aliphatic heterocycles. The third kappa shape index (κ3) is 5.74. The summed E-state index contributed by atoms with van der Waals surface area (Å²) in [5.74, 6) is -0.888. The van der Waals surface area contributed by atoms with Crippen LogP contribution in [0.1, 0.15) is 40.2 Å². The lowest BCUT2D eigenvalue weighted by atomic mass is 9.86. The van der Waals surface area contributed by atoms with E-state index in [4.69, 9.17) is 18.9 Å². The van der Waals surface area contributed by atoms with Crippen molar-refractivity contribution < 1.29 is 38.7 Å². The molecule has 0 bridgehead atoms. The van der Waals surface area contributed by atoms with Gasteiger partial charge in [0.1, 0.15) is 24.6 Å². The topological polar surface area (TPSA) is 115 Å². The van der Waals surface area contributed by atoms with E-state index in [1.54, 1.807) is 27.7 Å². The summed E-state index contributed by atoms with van der Waals surface area (Å²) in [7, 11) is 0. The van der Waals surface area contributed by atoms with E-state index in [9.17, 15) is 19.8 Å². The second-order valence-corrected chi connectivity index (χ2v) is 8.41. The van der Waals surface area contributed by atoms with E-state index in [2.05, 4.69) is 0 Å². The zero-order chi connectivity index (χ0) is 23.2. The number of hydrogen-bond donors (Lipinski definition) is 2. The molecule has 174 valence electrons. The first kappa shape index (κ1) is 25.1. The van der Waals surface area contributed by atoms with Crippen LogP contribution in [0, 0.1) is 0 Å². The molecule has 0 unspecified atom stereocenters. The average molecular weight is 440 g/mol. The largest absolute Gasteiger partial charge is 0.464 e. The van der Waals surface area contributed by atoms with Crippen molar-refractivity contribution in [2.45, 2.75) is 70.7 Å². The Morgan fingerprint density at radius 2 is 1.87 bits per heavy atom. The van der Waals surface area contributed by atoms with E-state index >= 15 is 0 Å². The van der Waals surface area contributed by atoms with Crippen molar-refractivity contribution in [1.29, 1.82) is 0 Å². The van der Waals surface area contributed by atoms with Gasteiger partial charge in [-0.3, -0.25) is 4.90 Å². The highest BCUT2D eigenvalue weighted by molar-refractivity contribution is 5.88. The van der Waals surface area contributed by atoms with Crippen LogP contribution in [-0.4, -0.2) is 76.6 Å². The van der Waals surface area contributed by atoms with E-state index < -0.39 is 41.5 Å². The van der Waals surface area contributed by atoms with Crippen LogP contribution >= 0.6 is 0 Å². The molecule has 9 nitrogen and oxygen atoms in total. The molecule has 4 atom stereocenters. The van der Waals surface area contributed by atoms with Gasteiger partial charge in [-0.25, -0.2) is 9.59 Å². The average Bonchev–Trinajstić information content (AvgIpc) is 2.97. The van der Waals surface area contributed by atoms with Crippen LogP contribution in [-0.2, 0) is 30.3 Å². The van der Waals surface area contributed by atoms with E-state index in [-0.39, 0.29) is 26.6 Å². The Morgan fingerprint density at radius 3 is 2.45 bits per heavy atom. The molecule has 0 aromatic heterocycles. The van der Waals surface area contributed by atoms with Crippen LogP contribution in [0.5, 0.6) is 0 Å². The molecule has 0 spiro atoms. The molecule has 1 heterocycles. The summed E-state index contributed by atoms with van der Waals surface area (Å²) in [6, 6.07) is 9.44. The summed E-state index contributed by atoms with van der Waals surface area (Å²) >= 11 is 0. The highest BCUT2D eigenvalue weighted by Gasteiger charge is 2.65. The van der Waals surface area contributed by atoms with Gasteiger partial charge in [-0.05, 0) is 40.2 Å². The summed E-state index contributed by atoms with van der Waals surface area (Å²) in [4.78, 5) is 26.9. The monoisotopic (exact) mass is 439 g/mol. The minimum atomic E-state index is -1.99. The van der Waals surface area contributed by atoms with Gasteiger partial charge in [-0.15, -0.1) is 0 Å². The molecule has 2 N–H and O–H groups in total. The first-order chi connectivity index (χ1) is 14.5. The quantitative estimate of drug-likeness (QED) is 0.358. The molecule has 1 aromatic carbocycles. The van der Waals surface area contributed by atoms with Gasteiger partial charge in [-0.2, -0.15) is 0 Å². The maximum Gasteiger partial charge on any atom is 0.411 e. The Hall–Kier alpha value is -2.20. The minimum absolute atomic E-state index is 0.0167. The van der Waals surface area contributed by atoms with Crippen LogP contribution in [0.25, 0.3) is 0 Å². The van der Waals surface area contributed by atoms with Crippen LogP contribution in [0.15, 0.2) is 30.3 Å². The number of rotatable bonds is 8. The molecule has 1 aromatic rings. The third-order valence-electron chi connectivity index (χ3n) is 4.98. The third-order valence-corrected chi connectivity index (χ3v) is 4.98. The first-order valence-electron chi connectivity index (χ1n) is 10.3. The van der Waals surface area contributed by atoms with E-state index in [0.29, 0.717) is 0 Å². The first-order valence-corrected chi connectivity index (χ1v) is 10.3. The second-order valence-electron chi connectivity index (χ2n) is 8.41. The normalized spacial score (nSPS) is 24.7. The smallest absolute Gasteiger partial charge is 0.411 e. The Balaban J connectivity index is 2.23.